The van der Waals surface area contributed by atoms with E-state index < -0.39 is 11.3 Å². The molecule has 0 radical (unpaired) electrons. The predicted molar refractivity (Wildman–Crippen MR) is 98.2 cm³/mol. The maximum Gasteiger partial charge on any atom is 0.274 e. The fourth-order valence-electron chi connectivity index (χ4n) is 2.78. The van der Waals surface area contributed by atoms with Crippen LogP contribution in [0.5, 0.6) is 0 Å². The van der Waals surface area contributed by atoms with Crippen LogP contribution in [0.3, 0.4) is 0 Å². The lowest BCUT2D eigenvalue weighted by atomic mass is 10.1. The third-order valence-corrected chi connectivity index (χ3v) is 4.69. The number of carbonyl (C=O) groups excluding carboxylic acids is 2. The van der Waals surface area contributed by atoms with Gasteiger partial charge in [-0.1, -0.05) is 17.7 Å². The van der Waals surface area contributed by atoms with Crippen molar-refractivity contribution in [2.45, 2.75) is 33.6 Å². The van der Waals surface area contributed by atoms with Crippen molar-refractivity contribution in [2.24, 2.45) is 5.41 Å². The summed E-state index contributed by atoms with van der Waals surface area (Å²) in [6, 6.07) is 8.09. The molecule has 1 aromatic heterocycles. The predicted octanol–water partition coefficient (Wildman–Crippen LogP) is 1.34. The number of nitrogens with zero attached hydrogens (tertiary/aromatic N) is 4. The van der Waals surface area contributed by atoms with Crippen LogP contribution in [0.2, 0.25) is 0 Å². The first-order valence-electron chi connectivity index (χ1n) is 8.81. The Kier molecular flexibility index (Phi) is 4.95. The van der Waals surface area contributed by atoms with Crippen molar-refractivity contribution < 1.29 is 9.59 Å². The molecule has 0 aliphatic heterocycles. The molecule has 0 spiro atoms. The first-order valence-corrected chi connectivity index (χ1v) is 8.81. The molecule has 0 saturated heterocycles. The zero-order valence-electron chi connectivity index (χ0n) is 15.7. The van der Waals surface area contributed by atoms with Crippen molar-refractivity contribution in [3.8, 4) is 11.8 Å². The number of carbonyl (C=O) groups is 2. The van der Waals surface area contributed by atoms with Crippen LogP contribution in [-0.2, 0) is 4.79 Å². The van der Waals surface area contributed by atoms with Gasteiger partial charge in [0.15, 0.2) is 5.69 Å². The van der Waals surface area contributed by atoms with Crippen LogP contribution in [-0.4, -0.2) is 39.9 Å². The van der Waals surface area contributed by atoms with Crippen molar-refractivity contribution >= 4 is 11.8 Å². The van der Waals surface area contributed by atoms with Gasteiger partial charge in [0.2, 0.25) is 5.91 Å². The quantitative estimate of drug-likeness (QED) is 0.801. The molecule has 27 heavy (non-hydrogen) atoms. The van der Waals surface area contributed by atoms with E-state index in [4.69, 9.17) is 5.26 Å². The second kappa shape index (κ2) is 7.19. The first-order chi connectivity index (χ1) is 12.8. The molecule has 8 heteroatoms. The molecule has 0 atom stereocenters. The molecule has 2 N–H and O–H groups in total. The Morgan fingerprint density at radius 3 is 2.59 bits per heavy atom. The summed E-state index contributed by atoms with van der Waals surface area (Å²) in [5.74, 6) is -0.788. The average Bonchev–Trinajstić information content (AvgIpc) is 3.32. The molecule has 1 fully saturated rings. The first kappa shape index (κ1) is 18.6. The number of hydrogen-bond donors (Lipinski definition) is 2. The van der Waals surface area contributed by atoms with Crippen molar-refractivity contribution in [3.05, 3.63) is 40.7 Å². The van der Waals surface area contributed by atoms with Crippen LogP contribution in [0.25, 0.3) is 5.69 Å². The molecular formula is C19H22N6O2. The minimum atomic E-state index is -0.458. The highest BCUT2D eigenvalue weighted by Crippen LogP contribution is 2.43. The zero-order valence-corrected chi connectivity index (χ0v) is 15.7. The van der Waals surface area contributed by atoms with Crippen LogP contribution in [0, 0.1) is 37.5 Å². The second-order valence-electron chi connectivity index (χ2n) is 7.06. The lowest BCUT2D eigenvalue weighted by Crippen LogP contribution is -2.39. The third-order valence-electron chi connectivity index (χ3n) is 4.69. The van der Waals surface area contributed by atoms with E-state index in [0.29, 0.717) is 12.2 Å². The summed E-state index contributed by atoms with van der Waals surface area (Å²) in [6.45, 7) is 5.81. The van der Waals surface area contributed by atoms with E-state index >= 15 is 0 Å². The van der Waals surface area contributed by atoms with Gasteiger partial charge < -0.3 is 10.6 Å². The summed E-state index contributed by atoms with van der Waals surface area (Å²) in [5.41, 5.74) is 3.18. The Labute approximate surface area is 157 Å². The number of aryl methyl sites for hydroxylation is 3. The highest BCUT2D eigenvalue weighted by Gasteiger charge is 2.43. The van der Waals surface area contributed by atoms with Gasteiger partial charge in [-0.3, -0.25) is 9.59 Å². The molecule has 0 bridgehead atoms. The van der Waals surface area contributed by atoms with Gasteiger partial charge in [-0.05, 0) is 45.2 Å². The van der Waals surface area contributed by atoms with Crippen molar-refractivity contribution in [2.75, 3.05) is 13.1 Å². The Morgan fingerprint density at radius 1 is 1.22 bits per heavy atom. The molecular weight excluding hydrogens is 344 g/mol. The summed E-state index contributed by atoms with van der Waals surface area (Å²) >= 11 is 0. The average molecular weight is 366 g/mol. The van der Waals surface area contributed by atoms with Crippen LogP contribution < -0.4 is 10.6 Å². The summed E-state index contributed by atoms with van der Waals surface area (Å²) in [7, 11) is 0. The highest BCUT2D eigenvalue weighted by molar-refractivity contribution is 5.95. The minimum Gasteiger partial charge on any atom is -0.353 e. The molecule has 140 valence electrons. The standard InChI is InChI=1S/C19H22N6O2/c1-12-4-5-15(13(2)8-12)25-23-14(3)17(24-25)18(27)21-9-16(26)22-11-19(10-20)6-7-19/h4-5,8H,6-7,9,11H2,1-3H3,(H,21,27)(H,22,26). The molecule has 8 nitrogen and oxygen atoms in total. The van der Waals surface area contributed by atoms with Crippen molar-refractivity contribution in [1.29, 1.82) is 5.26 Å². The van der Waals surface area contributed by atoms with E-state index in [2.05, 4.69) is 26.9 Å². The number of nitriles is 1. The van der Waals surface area contributed by atoms with Gasteiger partial charge in [0, 0.05) is 6.54 Å². The lowest BCUT2D eigenvalue weighted by Gasteiger charge is -2.08. The molecule has 1 aliphatic rings. The Balaban J connectivity index is 1.61. The monoisotopic (exact) mass is 366 g/mol. The normalized spacial score (nSPS) is 14.3. The number of hydrogen-bond acceptors (Lipinski definition) is 5. The second-order valence-corrected chi connectivity index (χ2v) is 7.06. The van der Waals surface area contributed by atoms with E-state index in [9.17, 15) is 9.59 Å². The Hall–Kier alpha value is -3.21. The van der Waals surface area contributed by atoms with Gasteiger partial charge in [0.05, 0.1) is 29.4 Å². The summed E-state index contributed by atoms with van der Waals surface area (Å²) in [4.78, 5) is 25.7. The van der Waals surface area contributed by atoms with Gasteiger partial charge >= 0.3 is 0 Å². The molecule has 1 heterocycles. The van der Waals surface area contributed by atoms with Crippen LogP contribution in [0.1, 0.15) is 40.2 Å². The third kappa shape index (κ3) is 4.14. The maximum atomic E-state index is 12.4. The summed E-state index contributed by atoms with van der Waals surface area (Å²) in [6.07, 6.45) is 1.60. The van der Waals surface area contributed by atoms with Crippen LogP contribution in [0.4, 0.5) is 0 Å². The van der Waals surface area contributed by atoms with Crippen LogP contribution in [0.15, 0.2) is 18.2 Å². The number of rotatable bonds is 6. The molecule has 1 saturated carbocycles. The molecule has 2 aromatic rings. The molecule has 0 unspecified atom stereocenters. The van der Waals surface area contributed by atoms with Crippen LogP contribution >= 0.6 is 0 Å². The van der Waals surface area contributed by atoms with E-state index in [0.717, 1.165) is 29.7 Å². The topological polar surface area (TPSA) is 113 Å². The van der Waals surface area contributed by atoms with Crippen molar-refractivity contribution in [1.82, 2.24) is 25.6 Å². The van der Waals surface area contributed by atoms with E-state index in [1.807, 2.05) is 32.0 Å². The van der Waals surface area contributed by atoms with Gasteiger partial charge in [-0.25, -0.2) is 0 Å². The fourth-order valence-corrected chi connectivity index (χ4v) is 2.78. The van der Waals surface area contributed by atoms with Crippen molar-refractivity contribution in [3.63, 3.8) is 0 Å². The van der Waals surface area contributed by atoms with Gasteiger partial charge in [0.25, 0.3) is 5.91 Å². The number of benzene rings is 1. The SMILES string of the molecule is Cc1ccc(-n2nc(C)c(C(=O)NCC(=O)NCC3(C#N)CC3)n2)c(C)c1. The summed E-state index contributed by atoms with van der Waals surface area (Å²) < 4.78 is 0. The fraction of sp³-hybridized carbons (Fsp3) is 0.421. The number of nitrogens with one attached hydrogen (secondary N) is 2. The smallest absolute Gasteiger partial charge is 0.274 e. The molecule has 1 aromatic carbocycles. The zero-order chi connectivity index (χ0) is 19.6. The Morgan fingerprint density at radius 2 is 1.96 bits per heavy atom. The van der Waals surface area contributed by atoms with Gasteiger partial charge in [-0.2, -0.15) is 15.2 Å². The maximum absolute atomic E-state index is 12.4. The largest absolute Gasteiger partial charge is 0.353 e. The van der Waals surface area contributed by atoms with E-state index in [-0.39, 0.29) is 18.1 Å². The van der Waals surface area contributed by atoms with E-state index in [1.54, 1.807) is 6.92 Å². The summed E-state index contributed by atoms with van der Waals surface area (Å²) in [5, 5.41) is 22.8. The minimum absolute atomic E-state index is 0.170. The number of aromatic nitrogens is 3. The van der Waals surface area contributed by atoms with Gasteiger partial charge in [-0.15, -0.1) is 5.10 Å². The Bertz CT molecular complexity index is 936. The number of amides is 2. The molecule has 3 rings (SSSR count). The van der Waals surface area contributed by atoms with E-state index in [1.165, 1.54) is 4.80 Å². The molecule has 2 amide bonds. The lowest BCUT2D eigenvalue weighted by molar-refractivity contribution is -0.120. The highest BCUT2D eigenvalue weighted by atomic mass is 16.2. The molecule has 1 aliphatic carbocycles. The van der Waals surface area contributed by atoms with Gasteiger partial charge in [0.1, 0.15) is 0 Å².